The molecular formula is C17H24N4OS. The lowest BCUT2D eigenvalue weighted by atomic mass is 10.1. The van der Waals surface area contributed by atoms with Gasteiger partial charge in [-0.05, 0) is 51.7 Å². The summed E-state index contributed by atoms with van der Waals surface area (Å²) in [5.74, 6) is 1.89. The van der Waals surface area contributed by atoms with Crippen molar-refractivity contribution in [1.29, 1.82) is 0 Å². The molecule has 124 valence electrons. The average Bonchev–Trinajstić information content (AvgIpc) is 3.08. The van der Waals surface area contributed by atoms with Crippen LogP contribution in [0.1, 0.15) is 57.6 Å². The van der Waals surface area contributed by atoms with Crippen molar-refractivity contribution in [3.05, 3.63) is 33.0 Å². The van der Waals surface area contributed by atoms with Crippen molar-refractivity contribution in [3.63, 3.8) is 0 Å². The summed E-state index contributed by atoms with van der Waals surface area (Å²) in [5.41, 5.74) is 1.23. The first-order valence-corrected chi connectivity index (χ1v) is 9.09. The second-order valence-corrected chi connectivity index (χ2v) is 7.41. The summed E-state index contributed by atoms with van der Waals surface area (Å²) < 4.78 is 1.99. The number of amides is 1. The number of carbonyl (C=O) groups excluding carboxylic acids is 1. The molecule has 2 aromatic heterocycles. The van der Waals surface area contributed by atoms with Crippen molar-refractivity contribution >= 4 is 17.2 Å². The van der Waals surface area contributed by atoms with E-state index in [1.165, 1.54) is 10.4 Å². The normalized spacial score (nSPS) is 18.4. The molecule has 2 aromatic rings. The van der Waals surface area contributed by atoms with Crippen molar-refractivity contribution < 1.29 is 4.79 Å². The Balaban J connectivity index is 1.77. The SMILES string of the molecule is CCc1sc(C(=O)N2CCC[C@H](n3nc(C)nc3C)C2)cc1C. The number of aromatic nitrogens is 3. The maximum atomic E-state index is 12.8. The Hall–Kier alpha value is -1.69. The van der Waals surface area contributed by atoms with Gasteiger partial charge >= 0.3 is 0 Å². The van der Waals surface area contributed by atoms with Gasteiger partial charge in [-0.1, -0.05) is 6.92 Å². The lowest BCUT2D eigenvalue weighted by Crippen LogP contribution is -2.41. The monoisotopic (exact) mass is 332 g/mol. The zero-order chi connectivity index (χ0) is 16.6. The van der Waals surface area contributed by atoms with E-state index in [4.69, 9.17) is 0 Å². The van der Waals surface area contributed by atoms with Crippen molar-refractivity contribution in [1.82, 2.24) is 19.7 Å². The van der Waals surface area contributed by atoms with Crippen LogP contribution in [0, 0.1) is 20.8 Å². The first-order chi connectivity index (χ1) is 11.0. The van der Waals surface area contributed by atoms with Gasteiger partial charge in [0.2, 0.25) is 0 Å². The molecule has 3 rings (SSSR count). The molecule has 0 saturated carbocycles. The van der Waals surface area contributed by atoms with Crippen LogP contribution in [0.4, 0.5) is 0 Å². The molecule has 5 nitrogen and oxygen atoms in total. The van der Waals surface area contributed by atoms with Gasteiger partial charge in [0.05, 0.1) is 10.9 Å². The highest BCUT2D eigenvalue weighted by molar-refractivity contribution is 7.14. The Morgan fingerprint density at radius 3 is 2.78 bits per heavy atom. The number of carbonyl (C=O) groups is 1. The van der Waals surface area contributed by atoms with Gasteiger partial charge in [0.15, 0.2) is 0 Å². The molecule has 1 saturated heterocycles. The fraction of sp³-hybridized carbons (Fsp3) is 0.588. The minimum absolute atomic E-state index is 0.164. The highest BCUT2D eigenvalue weighted by Gasteiger charge is 2.28. The van der Waals surface area contributed by atoms with Gasteiger partial charge in [-0.25, -0.2) is 9.67 Å². The fourth-order valence-corrected chi connectivity index (χ4v) is 4.43. The summed E-state index contributed by atoms with van der Waals surface area (Å²) in [7, 11) is 0. The highest BCUT2D eigenvalue weighted by atomic mass is 32.1. The standard InChI is InChI=1S/C17H24N4OS/c1-5-15-11(2)9-16(23-15)17(22)20-8-6-7-14(10-20)21-13(4)18-12(3)19-21/h9,14H,5-8,10H2,1-4H3/t14-/m0/s1. The molecule has 1 aliphatic heterocycles. The van der Waals surface area contributed by atoms with E-state index in [0.29, 0.717) is 0 Å². The average molecular weight is 332 g/mol. The summed E-state index contributed by atoms with van der Waals surface area (Å²) >= 11 is 1.64. The van der Waals surface area contributed by atoms with Gasteiger partial charge < -0.3 is 4.90 Å². The second kappa shape index (κ2) is 6.43. The molecule has 1 atom stereocenters. The predicted molar refractivity (Wildman–Crippen MR) is 92.1 cm³/mol. The number of rotatable bonds is 3. The lowest BCUT2D eigenvalue weighted by molar-refractivity contribution is 0.0676. The van der Waals surface area contributed by atoms with Crippen LogP contribution in [0.5, 0.6) is 0 Å². The summed E-state index contributed by atoms with van der Waals surface area (Å²) in [5, 5.41) is 4.50. The van der Waals surface area contributed by atoms with Crippen LogP contribution in [0.3, 0.4) is 0 Å². The third-order valence-corrected chi connectivity index (χ3v) is 5.86. The van der Waals surface area contributed by atoms with Gasteiger partial charge in [-0.15, -0.1) is 11.3 Å². The molecule has 0 N–H and O–H groups in total. The maximum Gasteiger partial charge on any atom is 0.264 e. The molecule has 6 heteroatoms. The van der Waals surface area contributed by atoms with Gasteiger partial charge in [-0.2, -0.15) is 5.10 Å². The quantitative estimate of drug-likeness (QED) is 0.866. The lowest BCUT2D eigenvalue weighted by Gasteiger charge is -2.32. The Kier molecular flexibility index (Phi) is 4.53. The first-order valence-electron chi connectivity index (χ1n) is 8.28. The highest BCUT2D eigenvalue weighted by Crippen LogP contribution is 2.27. The van der Waals surface area contributed by atoms with Gasteiger partial charge in [-0.3, -0.25) is 4.79 Å². The third-order valence-electron chi connectivity index (χ3n) is 4.49. The van der Waals surface area contributed by atoms with Crippen LogP contribution < -0.4 is 0 Å². The molecule has 0 aliphatic carbocycles. The molecule has 3 heterocycles. The number of piperidine rings is 1. The molecule has 0 spiro atoms. The molecule has 0 bridgehead atoms. The van der Waals surface area contributed by atoms with Gasteiger partial charge in [0.1, 0.15) is 11.6 Å². The number of aryl methyl sites for hydroxylation is 4. The van der Waals surface area contributed by atoms with E-state index in [1.807, 2.05) is 29.5 Å². The van der Waals surface area contributed by atoms with E-state index in [9.17, 15) is 4.79 Å². The Labute approximate surface area is 141 Å². The van der Waals surface area contributed by atoms with Crippen LogP contribution >= 0.6 is 11.3 Å². The summed E-state index contributed by atoms with van der Waals surface area (Å²) in [6.07, 6.45) is 3.06. The summed E-state index contributed by atoms with van der Waals surface area (Å²) in [6, 6.07) is 2.28. The van der Waals surface area contributed by atoms with Crippen LogP contribution in [0.25, 0.3) is 0 Å². The molecule has 1 aliphatic rings. The maximum absolute atomic E-state index is 12.8. The van der Waals surface area contributed by atoms with Crippen molar-refractivity contribution in [2.75, 3.05) is 13.1 Å². The minimum Gasteiger partial charge on any atom is -0.336 e. The van der Waals surface area contributed by atoms with Crippen LogP contribution in [0.15, 0.2) is 6.07 Å². The third kappa shape index (κ3) is 3.17. The number of hydrogen-bond donors (Lipinski definition) is 0. The Morgan fingerprint density at radius 2 is 2.17 bits per heavy atom. The zero-order valence-electron chi connectivity index (χ0n) is 14.3. The fourth-order valence-electron chi connectivity index (χ4n) is 3.35. The summed E-state index contributed by atoms with van der Waals surface area (Å²) in [4.78, 5) is 21.4. The van der Waals surface area contributed by atoms with Crippen molar-refractivity contribution in [3.8, 4) is 0 Å². The Morgan fingerprint density at radius 1 is 1.39 bits per heavy atom. The molecule has 0 aromatic carbocycles. The Bertz CT molecular complexity index is 718. The smallest absolute Gasteiger partial charge is 0.264 e. The first kappa shape index (κ1) is 16.2. The van der Waals surface area contributed by atoms with E-state index in [-0.39, 0.29) is 11.9 Å². The van der Waals surface area contributed by atoms with Crippen LogP contribution in [-0.2, 0) is 6.42 Å². The van der Waals surface area contributed by atoms with E-state index >= 15 is 0 Å². The predicted octanol–water partition coefficient (Wildman–Crippen LogP) is 3.30. The number of thiophene rings is 1. The molecule has 1 amide bonds. The van der Waals surface area contributed by atoms with E-state index in [2.05, 4.69) is 23.9 Å². The van der Waals surface area contributed by atoms with E-state index in [0.717, 1.165) is 48.9 Å². The van der Waals surface area contributed by atoms with Gasteiger partial charge in [0, 0.05) is 18.0 Å². The van der Waals surface area contributed by atoms with Crippen LogP contribution in [-0.4, -0.2) is 38.7 Å². The van der Waals surface area contributed by atoms with E-state index in [1.54, 1.807) is 11.3 Å². The van der Waals surface area contributed by atoms with Crippen molar-refractivity contribution in [2.24, 2.45) is 0 Å². The van der Waals surface area contributed by atoms with Crippen molar-refractivity contribution in [2.45, 2.75) is 53.0 Å². The second-order valence-electron chi connectivity index (χ2n) is 6.27. The minimum atomic E-state index is 0.164. The number of nitrogens with zero attached hydrogens (tertiary/aromatic N) is 4. The largest absolute Gasteiger partial charge is 0.336 e. The molecule has 1 fully saturated rings. The topological polar surface area (TPSA) is 51.0 Å². The zero-order valence-corrected chi connectivity index (χ0v) is 15.1. The molecule has 0 unspecified atom stereocenters. The van der Waals surface area contributed by atoms with Gasteiger partial charge in [0.25, 0.3) is 5.91 Å². The summed E-state index contributed by atoms with van der Waals surface area (Å²) in [6.45, 7) is 9.68. The molecule has 23 heavy (non-hydrogen) atoms. The molecular weight excluding hydrogens is 308 g/mol. The number of likely N-dealkylation sites (tertiary alicyclic amines) is 1. The van der Waals surface area contributed by atoms with Crippen LogP contribution in [0.2, 0.25) is 0 Å². The molecule has 0 radical (unpaired) electrons. The number of hydrogen-bond acceptors (Lipinski definition) is 4. The van der Waals surface area contributed by atoms with E-state index < -0.39 is 0 Å².